The lowest BCUT2D eigenvalue weighted by Gasteiger charge is -2.24. The van der Waals surface area contributed by atoms with Gasteiger partial charge in [-0.05, 0) is 37.6 Å². The molecule has 1 amide bonds. The molecule has 0 bridgehead atoms. The fraction of sp³-hybridized carbons (Fsp3) is 0.333. The standard InChI is InChI=1S/C15H16BrN3O2/c16-9-3-4-13-11(6-9)12(7-14(20)19-13)15(21)18-10-2-1-5-17-8-10/h3-4,6-7,10,17H,1-2,5,8H2,(H,18,21)(H,19,20)/t10-/m0/s1. The third kappa shape index (κ3) is 3.16. The zero-order valence-electron chi connectivity index (χ0n) is 11.4. The van der Waals surface area contributed by atoms with E-state index in [1.807, 2.05) is 12.1 Å². The summed E-state index contributed by atoms with van der Waals surface area (Å²) in [5.41, 5.74) is 0.815. The summed E-state index contributed by atoms with van der Waals surface area (Å²) in [6, 6.07) is 6.96. The topological polar surface area (TPSA) is 74.0 Å². The van der Waals surface area contributed by atoms with Crippen LogP contribution in [0.3, 0.4) is 0 Å². The molecule has 1 aromatic carbocycles. The van der Waals surface area contributed by atoms with Gasteiger partial charge in [-0.3, -0.25) is 9.59 Å². The van der Waals surface area contributed by atoms with Crippen LogP contribution >= 0.6 is 15.9 Å². The molecule has 5 nitrogen and oxygen atoms in total. The van der Waals surface area contributed by atoms with E-state index < -0.39 is 0 Å². The van der Waals surface area contributed by atoms with Crippen LogP contribution in [-0.2, 0) is 0 Å². The Kier molecular flexibility index (Phi) is 4.07. The van der Waals surface area contributed by atoms with Gasteiger partial charge in [0.25, 0.3) is 5.91 Å². The van der Waals surface area contributed by atoms with E-state index in [0.717, 1.165) is 35.8 Å². The summed E-state index contributed by atoms with van der Waals surface area (Å²) in [6.45, 7) is 1.77. The van der Waals surface area contributed by atoms with Crippen molar-refractivity contribution in [3.05, 3.63) is 44.7 Å². The van der Waals surface area contributed by atoms with Crippen molar-refractivity contribution in [1.82, 2.24) is 15.6 Å². The van der Waals surface area contributed by atoms with Crippen LogP contribution in [0, 0.1) is 0 Å². The molecule has 110 valence electrons. The molecule has 2 aromatic rings. The summed E-state index contributed by atoms with van der Waals surface area (Å²) < 4.78 is 0.871. The summed E-state index contributed by atoms with van der Waals surface area (Å²) in [5.74, 6) is -0.196. The van der Waals surface area contributed by atoms with E-state index in [1.54, 1.807) is 6.07 Å². The number of aromatic amines is 1. The van der Waals surface area contributed by atoms with Gasteiger partial charge < -0.3 is 15.6 Å². The maximum Gasteiger partial charge on any atom is 0.252 e. The number of hydrogen-bond donors (Lipinski definition) is 3. The Labute approximate surface area is 130 Å². The minimum Gasteiger partial charge on any atom is -0.348 e. The molecule has 0 spiro atoms. The molecule has 6 heteroatoms. The summed E-state index contributed by atoms with van der Waals surface area (Å²) in [5, 5.41) is 7.00. The maximum atomic E-state index is 12.5. The molecule has 2 heterocycles. The van der Waals surface area contributed by atoms with Crippen LogP contribution in [0.5, 0.6) is 0 Å². The second-order valence-corrected chi connectivity index (χ2v) is 6.17. The summed E-state index contributed by atoms with van der Waals surface area (Å²) >= 11 is 3.40. The van der Waals surface area contributed by atoms with E-state index >= 15 is 0 Å². The third-order valence-corrected chi connectivity index (χ3v) is 4.18. The zero-order valence-corrected chi connectivity index (χ0v) is 13.0. The van der Waals surface area contributed by atoms with Crippen molar-refractivity contribution in [1.29, 1.82) is 0 Å². The highest BCUT2D eigenvalue weighted by atomic mass is 79.9. The molecular weight excluding hydrogens is 334 g/mol. The number of H-pyrrole nitrogens is 1. The number of hydrogen-bond acceptors (Lipinski definition) is 3. The lowest BCUT2D eigenvalue weighted by Crippen LogP contribution is -2.45. The van der Waals surface area contributed by atoms with Crippen LogP contribution in [0.4, 0.5) is 0 Å². The van der Waals surface area contributed by atoms with E-state index in [9.17, 15) is 9.59 Å². The number of nitrogens with one attached hydrogen (secondary N) is 3. The van der Waals surface area contributed by atoms with Crippen LogP contribution in [0.1, 0.15) is 23.2 Å². The third-order valence-electron chi connectivity index (χ3n) is 3.68. The lowest BCUT2D eigenvalue weighted by molar-refractivity contribution is 0.0932. The SMILES string of the molecule is O=C(N[C@H]1CCCNC1)c1cc(=O)[nH]c2ccc(Br)cc12. The summed E-state index contributed by atoms with van der Waals surface area (Å²) in [4.78, 5) is 27.0. The number of benzene rings is 1. The Morgan fingerprint density at radius 1 is 1.33 bits per heavy atom. The van der Waals surface area contributed by atoms with Crippen LogP contribution in [0.15, 0.2) is 33.5 Å². The van der Waals surface area contributed by atoms with Crippen molar-refractivity contribution in [3.63, 3.8) is 0 Å². The van der Waals surface area contributed by atoms with Gasteiger partial charge in [0.2, 0.25) is 5.56 Å². The monoisotopic (exact) mass is 349 g/mol. The van der Waals surface area contributed by atoms with Gasteiger partial charge in [0.1, 0.15) is 0 Å². The van der Waals surface area contributed by atoms with Crippen LogP contribution in [0.2, 0.25) is 0 Å². The quantitative estimate of drug-likeness (QED) is 0.773. The number of amides is 1. The number of piperidine rings is 1. The highest BCUT2D eigenvalue weighted by molar-refractivity contribution is 9.10. The zero-order chi connectivity index (χ0) is 14.8. The van der Waals surface area contributed by atoms with Gasteiger partial charge in [0, 0.05) is 34.0 Å². The smallest absolute Gasteiger partial charge is 0.252 e. The second-order valence-electron chi connectivity index (χ2n) is 5.25. The first-order valence-electron chi connectivity index (χ1n) is 6.97. The highest BCUT2D eigenvalue weighted by Crippen LogP contribution is 2.20. The van der Waals surface area contributed by atoms with Crippen molar-refractivity contribution in [3.8, 4) is 0 Å². The minimum atomic E-state index is -0.267. The van der Waals surface area contributed by atoms with E-state index in [1.165, 1.54) is 6.07 Å². The number of fused-ring (bicyclic) bond motifs is 1. The molecule has 1 aromatic heterocycles. The van der Waals surface area contributed by atoms with Gasteiger partial charge in [-0.25, -0.2) is 0 Å². The van der Waals surface area contributed by atoms with Crippen molar-refractivity contribution >= 4 is 32.7 Å². The maximum absolute atomic E-state index is 12.5. The van der Waals surface area contributed by atoms with Crippen molar-refractivity contribution in [2.24, 2.45) is 0 Å². The van der Waals surface area contributed by atoms with E-state index in [4.69, 9.17) is 0 Å². The fourth-order valence-electron chi connectivity index (χ4n) is 2.65. The largest absolute Gasteiger partial charge is 0.348 e. The lowest BCUT2D eigenvalue weighted by atomic mass is 10.1. The average molecular weight is 350 g/mol. The number of halogens is 1. The van der Waals surface area contributed by atoms with Crippen LogP contribution < -0.4 is 16.2 Å². The van der Waals surface area contributed by atoms with Gasteiger partial charge in [0.05, 0.1) is 5.56 Å². The van der Waals surface area contributed by atoms with Crippen molar-refractivity contribution in [2.75, 3.05) is 13.1 Å². The fourth-order valence-corrected chi connectivity index (χ4v) is 3.01. The number of carbonyl (C=O) groups excluding carboxylic acids is 1. The molecule has 0 saturated carbocycles. The number of aromatic nitrogens is 1. The predicted molar refractivity (Wildman–Crippen MR) is 85.6 cm³/mol. The Balaban J connectivity index is 1.96. The number of carbonyl (C=O) groups is 1. The average Bonchev–Trinajstić information content (AvgIpc) is 2.48. The molecule has 0 radical (unpaired) electrons. The summed E-state index contributed by atoms with van der Waals surface area (Å²) in [7, 11) is 0. The molecule has 3 rings (SSSR count). The first-order chi connectivity index (χ1) is 10.1. The molecule has 1 saturated heterocycles. The Morgan fingerprint density at radius 3 is 2.95 bits per heavy atom. The molecule has 1 aliphatic rings. The van der Waals surface area contributed by atoms with Gasteiger partial charge in [-0.15, -0.1) is 0 Å². The van der Waals surface area contributed by atoms with E-state index in [0.29, 0.717) is 11.1 Å². The van der Waals surface area contributed by atoms with E-state index in [2.05, 4.69) is 31.5 Å². The van der Waals surface area contributed by atoms with Crippen LogP contribution in [-0.4, -0.2) is 30.0 Å². The van der Waals surface area contributed by atoms with Gasteiger partial charge in [0.15, 0.2) is 0 Å². The van der Waals surface area contributed by atoms with Gasteiger partial charge in [-0.1, -0.05) is 15.9 Å². The molecule has 1 atom stereocenters. The first-order valence-corrected chi connectivity index (χ1v) is 7.77. The predicted octanol–water partition coefficient (Wildman–Crippen LogP) is 1.77. The Hall–Kier alpha value is -1.66. The molecule has 1 aliphatic heterocycles. The van der Waals surface area contributed by atoms with Gasteiger partial charge >= 0.3 is 0 Å². The molecule has 0 aliphatic carbocycles. The van der Waals surface area contributed by atoms with Crippen molar-refractivity contribution in [2.45, 2.75) is 18.9 Å². The number of rotatable bonds is 2. The molecule has 0 unspecified atom stereocenters. The summed E-state index contributed by atoms with van der Waals surface area (Å²) in [6.07, 6.45) is 2.01. The molecule has 1 fully saturated rings. The molecule has 21 heavy (non-hydrogen) atoms. The number of pyridine rings is 1. The minimum absolute atomic E-state index is 0.118. The molecular formula is C15H16BrN3O2. The second kappa shape index (κ2) is 5.99. The first kappa shape index (κ1) is 14.3. The van der Waals surface area contributed by atoms with Gasteiger partial charge in [-0.2, -0.15) is 0 Å². The highest BCUT2D eigenvalue weighted by Gasteiger charge is 2.18. The Bertz CT molecular complexity index is 735. The van der Waals surface area contributed by atoms with E-state index in [-0.39, 0.29) is 17.5 Å². The Morgan fingerprint density at radius 2 is 2.19 bits per heavy atom. The normalized spacial score (nSPS) is 18.6. The van der Waals surface area contributed by atoms with Crippen molar-refractivity contribution < 1.29 is 4.79 Å². The molecule has 3 N–H and O–H groups in total. The van der Waals surface area contributed by atoms with Crippen LogP contribution in [0.25, 0.3) is 10.9 Å².